The van der Waals surface area contributed by atoms with Crippen molar-refractivity contribution >= 4 is 19.6 Å². The summed E-state index contributed by atoms with van der Waals surface area (Å²) in [5, 5.41) is 0. The maximum absolute atomic E-state index is 12.8. The summed E-state index contributed by atoms with van der Waals surface area (Å²) in [6, 6.07) is 0. The molecule has 42 heavy (non-hydrogen) atoms. The molecule has 0 atom stereocenters. The Labute approximate surface area is 259 Å². The van der Waals surface area contributed by atoms with E-state index in [4.69, 9.17) is 9.79 Å². The second kappa shape index (κ2) is 30.3. The third-order valence-corrected chi connectivity index (χ3v) is 8.68. The van der Waals surface area contributed by atoms with E-state index in [1.807, 2.05) is 0 Å². The third-order valence-electron chi connectivity index (χ3n) is 8.16. The maximum atomic E-state index is 12.8. The lowest BCUT2D eigenvalue weighted by Crippen LogP contribution is -2.39. The Balaban J connectivity index is 4.07. The second-order valence-electron chi connectivity index (χ2n) is 12.2. The number of phosphoric acid groups is 1. The number of unbranched alkanes of at least 4 members (excludes halogenated alkanes) is 24. The Morgan fingerprint density at radius 2 is 0.762 bits per heavy atom. The van der Waals surface area contributed by atoms with Crippen molar-refractivity contribution in [2.75, 3.05) is 13.2 Å². The van der Waals surface area contributed by atoms with Gasteiger partial charge >= 0.3 is 7.82 Å². The molecule has 0 aromatic heterocycles. The Bertz CT molecular complexity index is 626. The van der Waals surface area contributed by atoms with Gasteiger partial charge in [0.05, 0.1) is 13.2 Å². The molecule has 0 heterocycles. The van der Waals surface area contributed by atoms with Crippen molar-refractivity contribution in [1.82, 2.24) is 4.90 Å². The monoisotopic (exact) mass is 617 g/mol. The average molecular weight is 618 g/mol. The zero-order valence-electron chi connectivity index (χ0n) is 27.6. The van der Waals surface area contributed by atoms with Crippen molar-refractivity contribution in [1.29, 1.82) is 0 Å². The number of amides is 2. The molecule has 0 aliphatic rings. The Morgan fingerprint density at radius 3 is 1.02 bits per heavy atom. The van der Waals surface area contributed by atoms with Crippen LogP contribution in [-0.4, -0.2) is 39.7 Å². The SMILES string of the molecule is CCCCCCCCCCCCCCCC(=O)N(CCOP(=O)(O)O)C(=O)CCCCCCCCCCCCCCC. The molecule has 0 unspecified atom stereocenters. The highest BCUT2D eigenvalue weighted by Gasteiger charge is 2.22. The van der Waals surface area contributed by atoms with E-state index in [0.717, 1.165) is 43.4 Å². The lowest BCUT2D eigenvalue weighted by atomic mass is 10.0. The molecular formula is C34H68NO6P. The van der Waals surface area contributed by atoms with Gasteiger partial charge in [-0.25, -0.2) is 4.57 Å². The van der Waals surface area contributed by atoms with Gasteiger partial charge in [0.25, 0.3) is 0 Å². The Hall–Kier alpha value is -0.750. The number of carbonyl (C=O) groups is 2. The molecule has 2 amide bonds. The van der Waals surface area contributed by atoms with E-state index in [9.17, 15) is 14.2 Å². The third kappa shape index (κ3) is 29.3. The number of rotatable bonds is 32. The van der Waals surface area contributed by atoms with Gasteiger partial charge in [-0.3, -0.25) is 19.0 Å². The van der Waals surface area contributed by atoms with Crippen LogP contribution in [-0.2, 0) is 18.7 Å². The lowest BCUT2D eigenvalue weighted by molar-refractivity contribution is -0.145. The van der Waals surface area contributed by atoms with Gasteiger partial charge in [-0.1, -0.05) is 168 Å². The summed E-state index contributed by atoms with van der Waals surface area (Å²) in [4.78, 5) is 44.8. The van der Waals surface area contributed by atoms with Crippen LogP contribution in [0.1, 0.15) is 194 Å². The molecule has 0 saturated carbocycles. The standard InChI is InChI=1S/C34H68NO6P/c1-3-5-7-9-11-13-15-17-19-21-23-25-27-29-33(36)35(31-32-41-42(38,39)40)34(37)30-28-26-24-22-20-18-16-14-12-10-8-6-4-2/h3-32H2,1-2H3,(H2,38,39,40). The summed E-state index contributed by atoms with van der Waals surface area (Å²) >= 11 is 0. The first kappa shape index (κ1) is 41.2. The normalized spacial score (nSPS) is 11.7. The summed E-state index contributed by atoms with van der Waals surface area (Å²) in [6.45, 7) is 4.04. The highest BCUT2D eigenvalue weighted by molar-refractivity contribution is 7.46. The van der Waals surface area contributed by atoms with Crippen LogP contribution < -0.4 is 0 Å². The minimum atomic E-state index is -4.63. The quantitative estimate of drug-likeness (QED) is 0.0575. The first-order valence-corrected chi connectivity index (χ1v) is 19.4. The molecule has 0 fully saturated rings. The zero-order valence-corrected chi connectivity index (χ0v) is 28.5. The van der Waals surface area contributed by atoms with Crippen molar-refractivity contribution in [3.05, 3.63) is 0 Å². The molecule has 0 saturated heterocycles. The molecule has 8 heteroatoms. The van der Waals surface area contributed by atoms with Crippen LogP contribution in [0, 0.1) is 0 Å². The minimum Gasteiger partial charge on any atom is -0.303 e. The number of imide groups is 1. The molecule has 0 rings (SSSR count). The molecule has 2 N–H and O–H groups in total. The predicted molar refractivity (Wildman–Crippen MR) is 175 cm³/mol. The van der Waals surface area contributed by atoms with Crippen molar-refractivity contribution < 1.29 is 28.5 Å². The van der Waals surface area contributed by atoms with Gasteiger partial charge < -0.3 is 9.79 Å². The first-order chi connectivity index (χ1) is 20.3. The average Bonchev–Trinajstić information content (AvgIpc) is 2.95. The maximum Gasteiger partial charge on any atom is 0.469 e. The fourth-order valence-electron chi connectivity index (χ4n) is 5.50. The molecule has 0 spiro atoms. The fourth-order valence-corrected chi connectivity index (χ4v) is 5.82. The van der Waals surface area contributed by atoms with E-state index < -0.39 is 7.82 Å². The van der Waals surface area contributed by atoms with Gasteiger partial charge in [0.15, 0.2) is 0 Å². The molecule has 250 valence electrons. The van der Waals surface area contributed by atoms with Crippen molar-refractivity contribution in [3.63, 3.8) is 0 Å². The van der Waals surface area contributed by atoms with Gasteiger partial charge in [0.2, 0.25) is 11.8 Å². The number of hydrogen-bond donors (Lipinski definition) is 2. The van der Waals surface area contributed by atoms with Gasteiger partial charge in [-0.2, -0.15) is 0 Å². The highest BCUT2D eigenvalue weighted by Crippen LogP contribution is 2.35. The summed E-state index contributed by atoms with van der Waals surface area (Å²) < 4.78 is 15.6. The highest BCUT2D eigenvalue weighted by atomic mass is 31.2. The first-order valence-electron chi connectivity index (χ1n) is 17.8. The summed E-state index contributed by atoms with van der Waals surface area (Å²) in [7, 11) is -4.63. The van der Waals surface area contributed by atoms with Crippen LogP contribution in [0.2, 0.25) is 0 Å². The van der Waals surface area contributed by atoms with Crippen molar-refractivity contribution in [3.8, 4) is 0 Å². The van der Waals surface area contributed by atoms with Gasteiger partial charge in [-0.05, 0) is 12.8 Å². The van der Waals surface area contributed by atoms with Crippen LogP contribution in [0.5, 0.6) is 0 Å². The van der Waals surface area contributed by atoms with E-state index in [-0.39, 0.29) is 37.8 Å². The summed E-state index contributed by atoms with van der Waals surface area (Å²) in [5.41, 5.74) is 0. The van der Waals surface area contributed by atoms with Crippen LogP contribution in [0.3, 0.4) is 0 Å². The van der Waals surface area contributed by atoms with E-state index >= 15 is 0 Å². The van der Waals surface area contributed by atoms with Gasteiger partial charge in [0.1, 0.15) is 0 Å². The molecule has 0 radical (unpaired) electrons. The van der Waals surface area contributed by atoms with Gasteiger partial charge in [-0.15, -0.1) is 0 Å². The molecule has 0 aromatic carbocycles. The molecular weight excluding hydrogens is 549 g/mol. The number of hydrogen-bond acceptors (Lipinski definition) is 4. The molecule has 0 aliphatic carbocycles. The topological polar surface area (TPSA) is 104 Å². The van der Waals surface area contributed by atoms with E-state index in [1.165, 1.54) is 128 Å². The largest absolute Gasteiger partial charge is 0.469 e. The second-order valence-corrected chi connectivity index (χ2v) is 13.5. The molecule has 0 aromatic rings. The smallest absolute Gasteiger partial charge is 0.303 e. The van der Waals surface area contributed by atoms with Crippen LogP contribution in [0.15, 0.2) is 0 Å². The number of phosphoric ester groups is 1. The molecule has 7 nitrogen and oxygen atoms in total. The molecule has 0 aliphatic heterocycles. The Morgan fingerprint density at radius 1 is 0.500 bits per heavy atom. The number of nitrogens with zero attached hydrogens (tertiary/aromatic N) is 1. The van der Waals surface area contributed by atoms with Gasteiger partial charge in [0, 0.05) is 12.8 Å². The van der Waals surface area contributed by atoms with Crippen LogP contribution >= 0.6 is 7.82 Å². The minimum absolute atomic E-state index is 0.111. The fraction of sp³-hybridized carbons (Fsp3) is 0.941. The van der Waals surface area contributed by atoms with E-state index in [1.54, 1.807) is 0 Å². The van der Waals surface area contributed by atoms with E-state index in [0.29, 0.717) is 0 Å². The van der Waals surface area contributed by atoms with Crippen LogP contribution in [0.4, 0.5) is 0 Å². The van der Waals surface area contributed by atoms with E-state index in [2.05, 4.69) is 18.4 Å². The van der Waals surface area contributed by atoms with Crippen molar-refractivity contribution in [2.45, 2.75) is 194 Å². The zero-order chi connectivity index (χ0) is 31.2. The molecule has 0 bridgehead atoms. The predicted octanol–water partition coefficient (Wildman–Crippen LogP) is 10.4. The Kier molecular flexibility index (Phi) is 29.7. The summed E-state index contributed by atoms with van der Waals surface area (Å²) in [5.74, 6) is -0.515. The van der Waals surface area contributed by atoms with Crippen molar-refractivity contribution in [2.24, 2.45) is 0 Å². The summed E-state index contributed by atoms with van der Waals surface area (Å²) in [6.07, 6.45) is 32.4. The number of carbonyl (C=O) groups excluding carboxylic acids is 2. The lowest BCUT2D eigenvalue weighted by Gasteiger charge is -2.21. The van der Waals surface area contributed by atoms with Crippen LogP contribution in [0.25, 0.3) is 0 Å².